The van der Waals surface area contributed by atoms with E-state index in [1.807, 2.05) is 0 Å². The third-order valence-corrected chi connectivity index (χ3v) is 4.54. The number of hydrogen-bond acceptors (Lipinski definition) is 3. The standard InChI is InChI=1S/C23H22F7NO2.C3H8/c1-3-6-18(4-2)33-19-8-5-7-17(12-19)31(14-21(32)23(28,29)30)13-15-11-16(22(25,26)27)9-10-20(15)24;1-3-2/h3-12,21,32H,13-14H2,1-2H3;3H2,1-2H3/b6-3-,18-4+;. The fourth-order valence-corrected chi connectivity index (χ4v) is 2.88. The van der Waals surface area contributed by atoms with E-state index in [0.717, 1.165) is 4.90 Å². The highest BCUT2D eigenvalue weighted by atomic mass is 19.4. The maximum absolute atomic E-state index is 14.3. The molecule has 0 saturated heterocycles. The van der Waals surface area contributed by atoms with Gasteiger partial charge in [-0.3, -0.25) is 0 Å². The summed E-state index contributed by atoms with van der Waals surface area (Å²) in [7, 11) is 0. The molecule has 0 fully saturated rings. The van der Waals surface area contributed by atoms with Crippen molar-refractivity contribution < 1.29 is 40.6 Å². The Morgan fingerprint density at radius 2 is 1.67 bits per heavy atom. The molecule has 2 aromatic rings. The van der Waals surface area contributed by atoms with Crippen LogP contribution in [-0.4, -0.2) is 23.9 Å². The Morgan fingerprint density at radius 3 is 2.19 bits per heavy atom. The molecule has 0 aromatic heterocycles. The quantitative estimate of drug-likeness (QED) is 0.217. The third kappa shape index (κ3) is 9.93. The molecule has 0 bridgehead atoms. The number of aliphatic hydroxyl groups is 1. The summed E-state index contributed by atoms with van der Waals surface area (Å²) >= 11 is 0. The van der Waals surface area contributed by atoms with Crippen LogP contribution in [0, 0.1) is 5.82 Å². The third-order valence-electron chi connectivity index (χ3n) is 4.54. The lowest BCUT2D eigenvalue weighted by Gasteiger charge is -2.29. The second-order valence-electron chi connectivity index (χ2n) is 7.74. The first kappa shape index (κ1) is 31.0. The van der Waals surface area contributed by atoms with Gasteiger partial charge in [0, 0.05) is 23.9 Å². The van der Waals surface area contributed by atoms with Crippen molar-refractivity contribution >= 4 is 5.69 Å². The summed E-state index contributed by atoms with van der Waals surface area (Å²) in [5.41, 5.74) is -1.53. The first-order valence-corrected chi connectivity index (χ1v) is 11.2. The molecule has 0 heterocycles. The first-order valence-electron chi connectivity index (χ1n) is 11.2. The maximum atomic E-state index is 14.3. The van der Waals surface area contributed by atoms with Gasteiger partial charge in [-0.05, 0) is 56.3 Å². The minimum Gasteiger partial charge on any atom is -0.458 e. The number of hydrogen-bond donors (Lipinski definition) is 1. The Balaban J connectivity index is 0.00000205. The summed E-state index contributed by atoms with van der Waals surface area (Å²) < 4.78 is 98.1. The number of nitrogens with zero attached hydrogens (tertiary/aromatic N) is 1. The molecular formula is C26H30F7NO2. The highest BCUT2D eigenvalue weighted by Crippen LogP contribution is 2.32. The fraction of sp³-hybridized carbons (Fsp3) is 0.385. The van der Waals surface area contributed by atoms with Gasteiger partial charge in [0.25, 0.3) is 0 Å². The van der Waals surface area contributed by atoms with Crippen molar-refractivity contribution in [2.75, 3.05) is 11.4 Å². The van der Waals surface area contributed by atoms with Crippen LogP contribution in [0.2, 0.25) is 0 Å². The molecule has 3 nitrogen and oxygen atoms in total. The SMILES string of the molecule is C/C=C\C(=C/C)Oc1cccc(N(Cc2cc(C(F)(F)F)ccc2F)CC(O)C(F)(F)F)c1.CCC. The average molecular weight is 522 g/mol. The molecule has 200 valence electrons. The molecule has 2 rings (SSSR count). The molecule has 0 amide bonds. The lowest BCUT2D eigenvalue weighted by molar-refractivity contribution is -0.200. The minimum absolute atomic E-state index is 0.0866. The molecular weight excluding hydrogens is 491 g/mol. The maximum Gasteiger partial charge on any atom is 0.416 e. The van der Waals surface area contributed by atoms with Crippen LogP contribution in [0.15, 0.2) is 66.5 Å². The first-order chi connectivity index (χ1) is 16.8. The van der Waals surface area contributed by atoms with Gasteiger partial charge in [-0.15, -0.1) is 0 Å². The number of halogens is 7. The number of ether oxygens (including phenoxy) is 1. The van der Waals surface area contributed by atoms with E-state index in [-0.39, 0.29) is 11.4 Å². The summed E-state index contributed by atoms with van der Waals surface area (Å²) in [4.78, 5) is 0.939. The lowest BCUT2D eigenvalue weighted by Crippen LogP contribution is -2.41. The van der Waals surface area contributed by atoms with E-state index in [2.05, 4.69) is 13.8 Å². The Kier molecular flexibility index (Phi) is 12.0. The zero-order chi connectivity index (χ0) is 27.5. The highest BCUT2D eigenvalue weighted by molar-refractivity contribution is 5.52. The number of alkyl halides is 6. The molecule has 1 N–H and O–H groups in total. The van der Waals surface area contributed by atoms with Gasteiger partial charge in [0.1, 0.15) is 17.3 Å². The second kappa shape index (κ2) is 13.9. The zero-order valence-corrected chi connectivity index (χ0v) is 20.4. The van der Waals surface area contributed by atoms with Crippen LogP contribution in [-0.2, 0) is 12.7 Å². The van der Waals surface area contributed by atoms with Crippen molar-refractivity contribution in [2.24, 2.45) is 0 Å². The summed E-state index contributed by atoms with van der Waals surface area (Å²) in [5, 5.41) is 9.58. The summed E-state index contributed by atoms with van der Waals surface area (Å²) in [6.07, 6.45) is -6.30. The van der Waals surface area contributed by atoms with E-state index < -0.39 is 48.5 Å². The van der Waals surface area contributed by atoms with Crippen LogP contribution in [0.5, 0.6) is 5.75 Å². The smallest absolute Gasteiger partial charge is 0.416 e. The van der Waals surface area contributed by atoms with Crippen LogP contribution >= 0.6 is 0 Å². The van der Waals surface area contributed by atoms with Gasteiger partial charge in [-0.25, -0.2) is 4.39 Å². The number of rotatable bonds is 8. The predicted octanol–water partition coefficient (Wildman–Crippen LogP) is 8.05. The van der Waals surface area contributed by atoms with E-state index in [0.29, 0.717) is 24.0 Å². The average Bonchev–Trinajstić information content (AvgIpc) is 2.79. The molecule has 10 heteroatoms. The molecule has 0 aliphatic rings. The number of aliphatic hydroxyl groups excluding tert-OH is 1. The van der Waals surface area contributed by atoms with E-state index >= 15 is 0 Å². The molecule has 0 saturated carbocycles. The Morgan fingerprint density at radius 1 is 1.03 bits per heavy atom. The van der Waals surface area contributed by atoms with Gasteiger partial charge in [-0.1, -0.05) is 32.4 Å². The van der Waals surface area contributed by atoms with Gasteiger partial charge < -0.3 is 14.7 Å². The van der Waals surface area contributed by atoms with Gasteiger partial charge >= 0.3 is 12.4 Å². The van der Waals surface area contributed by atoms with Gasteiger partial charge in [-0.2, -0.15) is 26.3 Å². The van der Waals surface area contributed by atoms with Crippen LogP contribution in [0.3, 0.4) is 0 Å². The largest absolute Gasteiger partial charge is 0.458 e. The van der Waals surface area contributed by atoms with Crippen molar-refractivity contribution in [1.29, 1.82) is 0 Å². The second-order valence-corrected chi connectivity index (χ2v) is 7.74. The molecule has 0 spiro atoms. The molecule has 36 heavy (non-hydrogen) atoms. The molecule has 0 aliphatic carbocycles. The van der Waals surface area contributed by atoms with Gasteiger partial charge in [0.15, 0.2) is 6.10 Å². The minimum atomic E-state index is -4.98. The lowest BCUT2D eigenvalue weighted by atomic mass is 10.1. The van der Waals surface area contributed by atoms with Crippen molar-refractivity contribution in [3.05, 3.63) is 83.4 Å². The summed E-state index contributed by atoms with van der Waals surface area (Å²) in [6, 6.07) is 7.40. The van der Waals surface area contributed by atoms with E-state index in [1.165, 1.54) is 30.7 Å². The molecule has 0 radical (unpaired) electrons. The fourth-order valence-electron chi connectivity index (χ4n) is 2.88. The van der Waals surface area contributed by atoms with Gasteiger partial charge in [0.05, 0.1) is 12.1 Å². The number of benzene rings is 2. The Bertz CT molecular complexity index is 1010. The van der Waals surface area contributed by atoms with E-state index in [9.17, 15) is 35.8 Å². The van der Waals surface area contributed by atoms with Crippen molar-refractivity contribution in [2.45, 2.75) is 59.1 Å². The van der Waals surface area contributed by atoms with Crippen LogP contribution in [0.1, 0.15) is 45.2 Å². The van der Waals surface area contributed by atoms with Gasteiger partial charge in [0.2, 0.25) is 0 Å². The predicted molar refractivity (Wildman–Crippen MR) is 126 cm³/mol. The zero-order valence-electron chi connectivity index (χ0n) is 20.4. The normalized spacial score (nSPS) is 13.3. The molecule has 1 unspecified atom stereocenters. The van der Waals surface area contributed by atoms with Crippen molar-refractivity contribution in [3.8, 4) is 5.75 Å². The Labute approximate surface area is 206 Å². The van der Waals surface area contributed by atoms with Crippen LogP contribution in [0.25, 0.3) is 0 Å². The summed E-state index contributed by atoms with van der Waals surface area (Å²) in [5.74, 6) is -0.346. The monoisotopic (exact) mass is 521 g/mol. The Hall–Kier alpha value is -3.01. The van der Waals surface area contributed by atoms with Crippen LogP contribution in [0.4, 0.5) is 36.4 Å². The van der Waals surface area contributed by atoms with Crippen LogP contribution < -0.4 is 9.64 Å². The highest BCUT2D eigenvalue weighted by Gasteiger charge is 2.39. The number of allylic oxidation sites excluding steroid dienone is 3. The van der Waals surface area contributed by atoms with E-state index in [4.69, 9.17) is 4.74 Å². The van der Waals surface area contributed by atoms with Crippen molar-refractivity contribution in [1.82, 2.24) is 0 Å². The topological polar surface area (TPSA) is 32.7 Å². The molecule has 2 aromatic carbocycles. The van der Waals surface area contributed by atoms with Crippen molar-refractivity contribution in [3.63, 3.8) is 0 Å². The molecule has 0 aliphatic heterocycles. The van der Waals surface area contributed by atoms with E-state index in [1.54, 1.807) is 32.1 Å². The summed E-state index contributed by atoms with van der Waals surface area (Å²) in [6.45, 7) is 6.03. The molecule has 1 atom stereocenters. The number of anilines is 1.